The zero-order valence-corrected chi connectivity index (χ0v) is 45.2. The van der Waals surface area contributed by atoms with Gasteiger partial charge < -0.3 is 18.9 Å². The van der Waals surface area contributed by atoms with Crippen molar-refractivity contribution in [2.45, 2.75) is 27.7 Å². The molecule has 382 valence electrons. The summed E-state index contributed by atoms with van der Waals surface area (Å²) in [6.45, 7) is 8.58. The Morgan fingerprint density at radius 3 is 0.900 bits per heavy atom. The lowest BCUT2D eigenvalue weighted by Crippen LogP contribution is -2.13. The Labute approximate surface area is 467 Å². The Bertz CT molecular complexity index is 4160. The Balaban J connectivity index is 0.910. The van der Waals surface area contributed by atoms with Gasteiger partial charge in [0.15, 0.2) is 0 Å². The quantitative estimate of drug-likeness (QED) is 0.129. The molecule has 0 radical (unpaired) electrons. The number of benzene rings is 11. The van der Waals surface area contributed by atoms with Crippen molar-refractivity contribution < 1.29 is 0 Å². The molecule has 5 nitrogen and oxygen atoms in total. The largest absolute Gasteiger partial charge is 0.310 e. The van der Waals surface area contributed by atoms with Crippen molar-refractivity contribution in [3.05, 3.63) is 296 Å². The smallest absolute Gasteiger partial charge is 0.0541 e. The number of hydrogen-bond acceptors (Lipinski definition) is 3. The lowest BCUT2D eigenvalue weighted by Gasteiger charge is -2.30. The Hall–Kier alpha value is -10.2. The van der Waals surface area contributed by atoms with Gasteiger partial charge in [0.1, 0.15) is 0 Å². The predicted octanol–water partition coefficient (Wildman–Crippen LogP) is 20.5. The molecule has 14 aromatic rings. The third-order valence-electron chi connectivity index (χ3n) is 15.8. The molecule has 0 N–H and O–H groups in total. The zero-order valence-electron chi connectivity index (χ0n) is 45.2. The fourth-order valence-corrected chi connectivity index (χ4v) is 11.7. The van der Waals surface area contributed by atoms with Gasteiger partial charge >= 0.3 is 0 Å². The molecule has 0 saturated carbocycles. The summed E-state index contributed by atoms with van der Waals surface area (Å²) in [5.41, 5.74) is 24.6. The molecule has 0 fully saturated rings. The summed E-state index contributed by atoms with van der Waals surface area (Å²) in [5.74, 6) is 0. The van der Waals surface area contributed by atoms with Crippen molar-refractivity contribution in [2.75, 3.05) is 9.80 Å². The molecule has 5 heteroatoms. The van der Waals surface area contributed by atoms with Crippen LogP contribution < -0.4 is 9.80 Å². The van der Waals surface area contributed by atoms with E-state index in [9.17, 15) is 0 Å². The number of rotatable bonds is 11. The highest BCUT2D eigenvalue weighted by atomic mass is 15.2. The minimum absolute atomic E-state index is 1.04. The van der Waals surface area contributed by atoms with E-state index in [4.69, 9.17) is 4.98 Å². The highest BCUT2D eigenvalue weighted by Crippen LogP contribution is 2.45. The minimum atomic E-state index is 1.04. The predicted molar refractivity (Wildman–Crippen MR) is 338 cm³/mol. The van der Waals surface area contributed by atoms with Crippen LogP contribution >= 0.6 is 0 Å². The molecule has 0 atom stereocenters. The molecule has 0 unspecified atom stereocenters. The van der Waals surface area contributed by atoms with Crippen LogP contribution in [0, 0.1) is 27.7 Å². The van der Waals surface area contributed by atoms with E-state index in [1.54, 1.807) is 0 Å². The van der Waals surface area contributed by atoms with Gasteiger partial charge in [-0.15, -0.1) is 0 Å². The van der Waals surface area contributed by atoms with Gasteiger partial charge in [-0.05, 0) is 165 Å². The van der Waals surface area contributed by atoms with E-state index in [0.29, 0.717) is 0 Å². The standard InChI is InChI=1S/C75H57N5/c1-50-21-33-60(34-22-50)77(61-35-23-51(2)24-36-61)64-42-56(43-65(46-64)78(62-37-25-52(3)26-38-62)63-39-27-53(4)28-40-63)54-29-31-55(32-30-54)58-41-59(49-76-48-58)57-44-66(79-72-17-9-5-13-68(72)69-14-6-10-18-73(69)79)47-67(45-57)80-74-19-11-7-15-70(74)71-16-8-12-20-75(71)80/h5-49H,1-4H3. The number of pyridine rings is 1. The fraction of sp³-hybridized carbons (Fsp3) is 0.0533. The molecule has 3 heterocycles. The summed E-state index contributed by atoms with van der Waals surface area (Å²) in [6, 6.07) is 95.7. The first kappa shape index (κ1) is 48.2. The first-order chi connectivity index (χ1) is 39.3. The summed E-state index contributed by atoms with van der Waals surface area (Å²) in [4.78, 5) is 9.73. The second-order valence-corrected chi connectivity index (χ2v) is 21.3. The van der Waals surface area contributed by atoms with Crippen molar-refractivity contribution in [3.8, 4) is 44.8 Å². The summed E-state index contributed by atoms with van der Waals surface area (Å²) < 4.78 is 4.84. The number of aromatic nitrogens is 3. The second kappa shape index (κ2) is 20.0. The zero-order chi connectivity index (χ0) is 53.8. The molecule has 11 aromatic carbocycles. The van der Waals surface area contributed by atoms with Gasteiger partial charge in [0, 0.05) is 90.6 Å². The third kappa shape index (κ3) is 8.75. The lowest BCUT2D eigenvalue weighted by molar-refractivity contribution is 1.13. The minimum Gasteiger partial charge on any atom is -0.310 e. The summed E-state index contributed by atoms with van der Waals surface area (Å²) in [5, 5.41) is 4.91. The van der Waals surface area contributed by atoms with Crippen LogP contribution in [0.15, 0.2) is 273 Å². The number of fused-ring (bicyclic) bond motifs is 6. The molecular formula is C75H57N5. The third-order valence-corrected chi connectivity index (χ3v) is 15.8. The highest BCUT2D eigenvalue weighted by Gasteiger charge is 2.22. The topological polar surface area (TPSA) is 29.2 Å². The first-order valence-electron chi connectivity index (χ1n) is 27.5. The van der Waals surface area contributed by atoms with Gasteiger partial charge in [-0.25, -0.2) is 0 Å². The van der Waals surface area contributed by atoms with Crippen molar-refractivity contribution >= 4 is 77.7 Å². The average Bonchev–Trinajstić information content (AvgIpc) is 4.08. The number of hydrogen-bond donors (Lipinski definition) is 0. The van der Waals surface area contributed by atoms with E-state index >= 15 is 0 Å². The molecule has 0 bridgehead atoms. The van der Waals surface area contributed by atoms with Gasteiger partial charge in [-0.2, -0.15) is 0 Å². The highest BCUT2D eigenvalue weighted by molar-refractivity contribution is 6.11. The Kier molecular flexibility index (Phi) is 12.0. The molecule has 80 heavy (non-hydrogen) atoms. The number of para-hydroxylation sites is 4. The van der Waals surface area contributed by atoms with Crippen LogP contribution in [0.3, 0.4) is 0 Å². The van der Waals surface area contributed by atoms with E-state index in [2.05, 4.69) is 307 Å². The maximum absolute atomic E-state index is 4.98. The van der Waals surface area contributed by atoms with Gasteiger partial charge in [0.05, 0.1) is 22.1 Å². The van der Waals surface area contributed by atoms with Gasteiger partial charge in [0.2, 0.25) is 0 Å². The lowest BCUT2D eigenvalue weighted by atomic mass is 9.97. The number of nitrogens with zero attached hydrogens (tertiary/aromatic N) is 5. The van der Waals surface area contributed by atoms with Crippen LogP contribution in [-0.2, 0) is 0 Å². The average molecular weight is 1030 g/mol. The monoisotopic (exact) mass is 1030 g/mol. The van der Waals surface area contributed by atoms with Crippen molar-refractivity contribution in [3.63, 3.8) is 0 Å². The molecule has 0 aliphatic rings. The molecule has 0 saturated heterocycles. The fourth-order valence-electron chi connectivity index (χ4n) is 11.7. The van der Waals surface area contributed by atoms with E-state index in [0.717, 1.165) is 78.9 Å². The molecule has 0 spiro atoms. The summed E-state index contributed by atoms with van der Waals surface area (Å²) in [6.07, 6.45) is 4.00. The van der Waals surface area contributed by atoms with E-state index in [1.807, 2.05) is 12.4 Å². The first-order valence-corrected chi connectivity index (χ1v) is 27.5. The van der Waals surface area contributed by atoms with Gasteiger partial charge in [-0.3, -0.25) is 4.98 Å². The molecule has 14 rings (SSSR count). The molecule has 0 aliphatic heterocycles. The summed E-state index contributed by atoms with van der Waals surface area (Å²) in [7, 11) is 0. The SMILES string of the molecule is Cc1ccc(N(c2ccc(C)cc2)c2cc(-c3ccc(-c4cncc(-c5cc(-n6c7ccccc7c7ccccc76)cc(-n6c7ccccc7c7ccccc76)c5)c4)cc3)cc(N(c3ccc(C)cc3)c3ccc(C)cc3)c2)cc1. The Morgan fingerprint density at radius 2 is 0.550 bits per heavy atom. The van der Waals surface area contributed by atoms with Crippen molar-refractivity contribution in [1.82, 2.24) is 14.1 Å². The number of anilines is 6. The Morgan fingerprint density at radius 1 is 0.250 bits per heavy atom. The van der Waals surface area contributed by atoms with Crippen LogP contribution in [-0.4, -0.2) is 14.1 Å². The van der Waals surface area contributed by atoms with Crippen molar-refractivity contribution in [2.24, 2.45) is 0 Å². The molecular weight excluding hydrogens is 971 g/mol. The maximum atomic E-state index is 4.98. The molecule has 3 aromatic heterocycles. The van der Waals surface area contributed by atoms with Crippen LogP contribution in [0.2, 0.25) is 0 Å². The van der Waals surface area contributed by atoms with Gasteiger partial charge in [0.25, 0.3) is 0 Å². The van der Waals surface area contributed by atoms with Crippen LogP contribution in [0.5, 0.6) is 0 Å². The summed E-state index contributed by atoms with van der Waals surface area (Å²) >= 11 is 0. The second-order valence-electron chi connectivity index (χ2n) is 21.3. The van der Waals surface area contributed by atoms with Crippen molar-refractivity contribution in [1.29, 1.82) is 0 Å². The van der Waals surface area contributed by atoms with Crippen LogP contribution in [0.25, 0.3) is 88.4 Å². The maximum Gasteiger partial charge on any atom is 0.0541 e. The van der Waals surface area contributed by atoms with Gasteiger partial charge in [-0.1, -0.05) is 168 Å². The van der Waals surface area contributed by atoms with Crippen LogP contribution in [0.4, 0.5) is 34.1 Å². The van der Waals surface area contributed by atoms with E-state index in [1.165, 1.54) is 65.9 Å². The molecule has 0 amide bonds. The number of aryl methyl sites for hydroxylation is 4. The molecule has 0 aliphatic carbocycles. The normalized spacial score (nSPS) is 11.5. The van der Waals surface area contributed by atoms with Crippen LogP contribution in [0.1, 0.15) is 22.3 Å². The van der Waals surface area contributed by atoms with E-state index in [-0.39, 0.29) is 0 Å². The van der Waals surface area contributed by atoms with E-state index < -0.39 is 0 Å².